The van der Waals surface area contributed by atoms with Crippen LogP contribution in [-0.4, -0.2) is 38.1 Å². The average molecular weight is 1080 g/mol. The molecule has 0 aromatic heterocycles. The highest BCUT2D eigenvalue weighted by atomic mass is 79.9. The van der Waals surface area contributed by atoms with Crippen molar-refractivity contribution in [1.29, 1.82) is 0 Å². The van der Waals surface area contributed by atoms with Crippen LogP contribution in [0.15, 0.2) is 145 Å². The standard InChI is InChI=1S/C28H26Br2N6.C27H25BrN2.CH4/c29-25-15-21(13-23(17-25)8-10-35-27(31)32)6-4-19-2-1-3-20(12-19)5-7-22-14-24(18-26(30)16-22)9-11-36-28(33)34;1-20-13-23(16-25(14-20)9-11-29)7-5-21-3-2-4-22(15-21)6-8-24-17-26(10-12-30)19-27(28)18-24;/h1-3,12-18H,8-11H2,(H4,31,32,35)(H4,33,34,36);2-4,13-19H,9-12,29-30H2,1H3;1H4. The largest absolute Gasteiger partial charge is 0.370 e. The van der Waals surface area contributed by atoms with Crippen LogP contribution in [0, 0.1) is 54.3 Å². The van der Waals surface area contributed by atoms with Crippen LogP contribution in [0.3, 0.4) is 0 Å². The number of aryl methyl sites for hydroxylation is 1. The van der Waals surface area contributed by atoms with Gasteiger partial charge in [0.05, 0.1) is 0 Å². The smallest absolute Gasteiger partial charge is 0.185 e. The highest BCUT2D eigenvalue weighted by Gasteiger charge is 2.02. The Labute approximate surface area is 421 Å². The first kappa shape index (κ1) is 53.1. The number of rotatable bonds is 10. The van der Waals surface area contributed by atoms with Crippen molar-refractivity contribution < 1.29 is 0 Å². The van der Waals surface area contributed by atoms with E-state index in [9.17, 15) is 0 Å². The van der Waals surface area contributed by atoms with Gasteiger partial charge >= 0.3 is 0 Å². The minimum Gasteiger partial charge on any atom is -0.370 e. The lowest BCUT2D eigenvalue weighted by Crippen LogP contribution is -2.23. The van der Waals surface area contributed by atoms with Crippen molar-refractivity contribution in [2.24, 2.45) is 44.4 Å². The van der Waals surface area contributed by atoms with Gasteiger partial charge in [0.25, 0.3) is 0 Å². The lowest BCUT2D eigenvalue weighted by molar-refractivity contribution is 0.960. The molecule has 12 N–H and O–H groups in total. The Balaban J connectivity index is 0.000000293. The number of hydrogen-bond acceptors (Lipinski definition) is 4. The normalized spacial score (nSPS) is 9.76. The number of halogens is 3. The van der Waals surface area contributed by atoms with Gasteiger partial charge in [-0.05, 0) is 177 Å². The van der Waals surface area contributed by atoms with Gasteiger partial charge in [-0.15, -0.1) is 0 Å². The van der Waals surface area contributed by atoms with E-state index in [0.29, 0.717) is 26.2 Å². The van der Waals surface area contributed by atoms with E-state index in [2.05, 4.69) is 142 Å². The quantitative estimate of drug-likeness (QED) is 0.0453. The molecule has 0 spiro atoms. The Morgan fingerprint density at radius 3 is 1.03 bits per heavy atom. The lowest BCUT2D eigenvalue weighted by Gasteiger charge is -2.02. The summed E-state index contributed by atoms with van der Waals surface area (Å²) in [6, 6.07) is 40.6. The van der Waals surface area contributed by atoms with E-state index in [4.69, 9.17) is 34.4 Å². The Morgan fingerprint density at radius 1 is 0.403 bits per heavy atom. The number of aliphatic imine (C=N–C) groups is 2. The van der Waals surface area contributed by atoms with Crippen LogP contribution in [0.2, 0.25) is 0 Å². The van der Waals surface area contributed by atoms with Gasteiger partial charge < -0.3 is 34.4 Å². The molecule has 6 aromatic carbocycles. The summed E-state index contributed by atoms with van der Waals surface area (Å²) in [6.07, 6.45) is 3.15. The fourth-order valence-corrected chi connectivity index (χ4v) is 8.19. The van der Waals surface area contributed by atoms with Crippen molar-refractivity contribution in [3.8, 4) is 47.4 Å². The van der Waals surface area contributed by atoms with Crippen LogP contribution in [0.4, 0.5) is 0 Å². The molecule has 6 aromatic rings. The summed E-state index contributed by atoms with van der Waals surface area (Å²) in [5.41, 5.74) is 46.3. The Kier molecular flexibility index (Phi) is 22.0. The van der Waals surface area contributed by atoms with Crippen molar-refractivity contribution >= 4 is 59.7 Å². The molecule has 0 amide bonds. The highest BCUT2D eigenvalue weighted by molar-refractivity contribution is 9.11. The maximum Gasteiger partial charge on any atom is 0.185 e. The van der Waals surface area contributed by atoms with Crippen molar-refractivity contribution in [2.45, 2.75) is 40.0 Å². The van der Waals surface area contributed by atoms with Crippen molar-refractivity contribution in [2.75, 3.05) is 26.2 Å². The predicted octanol–water partition coefficient (Wildman–Crippen LogP) is 8.84. The van der Waals surface area contributed by atoms with E-state index in [1.54, 1.807) is 0 Å². The topological polar surface area (TPSA) is 181 Å². The molecule has 0 bridgehead atoms. The van der Waals surface area contributed by atoms with Crippen LogP contribution in [-0.2, 0) is 25.7 Å². The van der Waals surface area contributed by atoms with Gasteiger partial charge in [0.2, 0.25) is 0 Å². The second-order valence-electron chi connectivity index (χ2n) is 15.1. The zero-order valence-corrected chi connectivity index (χ0v) is 41.5. The monoisotopic (exact) mass is 1080 g/mol. The van der Waals surface area contributed by atoms with E-state index in [-0.39, 0.29) is 19.3 Å². The van der Waals surface area contributed by atoms with Crippen LogP contribution in [0.5, 0.6) is 0 Å². The molecule has 0 aliphatic carbocycles. The number of guanidine groups is 2. The van der Waals surface area contributed by atoms with Gasteiger partial charge in [-0.2, -0.15) is 0 Å². The molecule has 0 saturated heterocycles. The first-order valence-corrected chi connectivity index (χ1v) is 23.5. The molecule has 67 heavy (non-hydrogen) atoms. The molecule has 0 fully saturated rings. The molecule has 0 saturated carbocycles. The fraction of sp³-hybridized carbons (Fsp3) is 0.179. The molecule has 6 rings (SSSR count). The van der Waals surface area contributed by atoms with Gasteiger partial charge in [-0.1, -0.05) is 121 Å². The predicted molar refractivity (Wildman–Crippen MR) is 291 cm³/mol. The second kappa shape index (κ2) is 27.8. The first-order valence-electron chi connectivity index (χ1n) is 21.1. The summed E-state index contributed by atoms with van der Waals surface area (Å²) in [4.78, 5) is 8.08. The molecular weight excluding hydrogens is 1020 g/mol. The number of nitrogens with zero attached hydrogens (tertiary/aromatic N) is 2. The molecule has 340 valence electrons. The maximum atomic E-state index is 5.69. The molecule has 0 aliphatic heterocycles. The third kappa shape index (κ3) is 19.8. The summed E-state index contributed by atoms with van der Waals surface area (Å²) in [6.45, 7) is 4.41. The molecule has 0 atom stereocenters. The summed E-state index contributed by atoms with van der Waals surface area (Å²) >= 11 is 10.7. The molecule has 0 heterocycles. The van der Waals surface area contributed by atoms with Crippen molar-refractivity contribution in [3.63, 3.8) is 0 Å². The van der Waals surface area contributed by atoms with Crippen LogP contribution in [0.25, 0.3) is 0 Å². The van der Waals surface area contributed by atoms with E-state index in [1.165, 1.54) is 16.7 Å². The summed E-state index contributed by atoms with van der Waals surface area (Å²) in [5.74, 6) is 26.2. The maximum absolute atomic E-state index is 5.69. The van der Waals surface area contributed by atoms with Crippen LogP contribution in [0.1, 0.15) is 79.8 Å². The third-order valence-corrected chi connectivity index (χ3v) is 10.8. The van der Waals surface area contributed by atoms with Gasteiger partial charge in [0.15, 0.2) is 11.9 Å². The van der Waals surface area contributed by atoms with Gasteiger partial charge in [-0.3, -0.25) is 9.98 Å². The van der Waals surface area contributed by atoms with E-state index >= 15 is 0 Å². The molecule has 0 unspecified atom stereocenters. The van der Waals surface area contributed by atoms with Crippen LogP contribution >= 0.6 is 47.8 Å². The van der Waals surface area contributed by atoms with Gasteiger partial charge in [-0.25, -0.2) is 0 Å². The molecular formula is C56H55Br3N8. The summed E-state index contributed by atoms with van der Waals surface area (Å²) in [7, 11) is 0. The Morgan fingerprint density at radius 2 is 0.701 bits per heavy atom. The van der Waals surface area contributed by atoms with E-state index in [0.717, 1.165) is 94.7 Å². The zero-order chi connectivity index (χ0) is 47.3. The zero-order valence-electron chi connectivity index (χ0n) is 36.7. The molecule has 0 radical (unpaired) electrons. The molecule has 8 nitrogen and oxygen atoms in total. The summed E-state index contributed by atoms with van der Waals surface area (Å²) in [5, 5.41) is 0. The first-order chi connectivity index (χ1) is 31.8. The Hall–Kier alpha value is -6.54. The van der Waals surface area contributed by atoms with Gasteiger partial charge in [0, 0.05) is 71.0 Å². The highest BCUT2D eigenvalue weighted by Crippen LogP contribution is 2.19. The van der Waals surface area contributed by atoms with Crippen molar-refractivity contribution in [3.05, 3.63) is 207 Å². The average Bonchev–Trinajstić information content (AvgIpc) is 3.26. The van der Waals surface area contributed by atoms with E-state index < -0.39 is 0 Å². The Bertz CT molecular complexity index is 2780. The number of nitrogens with two attached hydrogens (primary N) is 6. The fourth-order valence-electron chi connectivity index (χ4n) is 6.57. The molecule has 0 aliphatic rings. The van der Waals surface area contributed by atoms with Crippen LogP contribution < -0.4 is 34.4 Å². The molecule has 11 heteroatoms. The van der Waals surface area contributed by atoms with Crippen molar-refractivity contribution in [1.82, 2.24) is 0 Å². The summed E-state index contributed by atoms with van der Waals surface area (Å²) < 4.78 is 2.94. The number of benzene rings is 6. The number of hydrogen-bond donors (Lipinski definition) is 6. The third-order valence-electron chi connectivity index (χ3n) is 9.40. The lowest BCUT2D eigenvalue weighted by atomic mass is 10.0. The SMILES string of the molecule is C.Cc1cc(C#Cc2cccc(C#Cc3cc(Br)cc(CCN)c3)c2)cc(CCN)c1.NC(N)=NCCc1cc(Br)cc(C#Cc2cccc(C#Cc3cc(Br)cc(CCN=C(N)N)c3)c2)c1. The minimum atomic E-state index is 0. The van der Waals surface area contributed by atoms with E-state index in [1.807, 2.05) is 91.0 Å². The minimum absolute atomic E-state index is 0. The second-order valence-corrected chi connectivity index (χ2v) is 17.9. The van der Waals surface area contributed by atoms with Gasteiger partial charge in [0.1, 0.15) is 0 Å².